The van der Waals surface area contributed by atoms with Crippen molar-refractivity contribution in [3.05, 3.63) is 28.5 Å². The smallest absolute Gasteiger partial charge is 0.326 e. The highest BCUT2D eigenvalue weighted by Gasteiger charge is 2.21. The number of primary amides is 1. The predicted molar refractivity (Wildman–Crippen MR) is 76.1 cm³/mol. The minimum absolute atomic E-state index is 0.110. The third-order valence-electron chi connectivity index (χ3n) is 2.46. The third-order valence-corrected chi connectivity index (χ3v) is 2.95. The SMILES string of the molecule is NC(=O)CC[C@H](NC(=O)Nc1cc(Br)ccc1F)C(=O)O. The number of hydrogen-bond acceptors (Lipinski definition) is 3. The Bertz CT molecular complexity index is 567. The summed E-state index contributed by atoms with van der Waals surface area (Å²) in [6.07, 6.45) is -0.346. The van der Waals surface area contributed by atoms with E-state index in [1.807, 2.05) is 0 Å². The van der Waals surface area contributed by atoms with E-state index in [0.29, 0.717) is 4.47 Å². The van der Waals surface area contributed by atoms with E-state index in [2.05, 4.69) is 26.6 Å². The number of carboxylic acid groups (broad SMARTS) is 1. The van der Waals surface area contributed by atoms with Gasteiger partial charge in [0.15, 0.2) is 0 Å². The number of nitrogens with one attached hydrogen (secondary N) is 2. The van der Waals surface area contributed by atoms with Crippen LogP contribution < -0.4 is 16.4 Å². The molecule has 0 unspecified atom stereocenters. The lowest BCUT2D eigenvalue weighted by Crippen LogP contribution is -2.43. The fourth-order valence-electron chi connectivity index (χ4n) is 1.45. The van der Waals surface area contributed by atoms with Crippen molar-refractivity contribution >= 4 is 39.5 Å². The van der Waals surface area contributed by atoms with E-state index in [9.17, 15) is 18.8 Å². The Morgan fingerprint density at radius 1 is 1.38 bits per heavy atom. The lowest BCUT2D eigenvalue weighted by molar-refractivity contribution is -0.139. The number of nitrogens with two attached hydrogens (primary N) is 1. The van der Waals surface area contributed by atoms with Gasteiger partial charge in [-0.25, -0.2) is 14.0 Å². The second kappa shape index (κ2) is 7.58. The van der Waals surface area contributed by atoms with Crippen LogP contribution in [-0.4, -0.2) is 29.1 Å². The topological polar surface area (TPSA) is 122 Å². The molecular formula is C12H13BrFN3O4. The highest BCUT2D eigenvalue weighted by Crippen LogP contribution is 2.19. The molecule has 0 radical (unpaired) electrons. The molecule has 9 heteroatoms. The number of carbonyl (C=O) groups excluding carboxylic acids is 2. The number of carboxylic acids is 1. The zero-order valence-electron chi connectivity index (χ0n) is 10.7. The minimum atomic E-state index is -1.32. The predicted octanol–water partition coefficient (Wildman–Crippen LogP) is 1.43. The first-order valence-electron chi connectivity index (χ1n) is 5.83. The lowest BCUT2D eigenvalue weighted by Gasteiger charge is -2.14. The fourth-order valence-corrected chi connectivity index (χ4v) is 1.81. The number of urea groups is 1. The van der Waals surface area contributed by atoms with Gasteiger partial charge in [0.1, 0.15) is 11.9 Å². The number of rotatable bonds is 6. The molecule has 21 heavy (non-hydrogen) atoms. The molecule has 0 aliphatic carbocycles. The van der Waals surface area contributed by atoms with Crippen molar-refractivity contribution in [1.82, 2.24) is 5.32 Å². The molecule has 1 aromatic rings. The zero-order valence-corrected chi connectivity index (χ0v) is 12.3. The van der Waals surface area contributed by atoms with Gasteiger partial charge in [0.25, 0.3) is 0 Å². The third kappa shape index (κ3) is 5.78. The summed E-state index contributed by atoms with van der Waals surface area (Å²) >= 11 is 3.12. The summed E-state index contributed by atoms with van der Waals surface area (Å²) in [4.78, 5) is 33.2. The van der Waals surface area contributed by atoms with Crippen molar-refractivity contribution in [2.45, 2.75) is 18.9 Å². The first-order valence-corrected chi connectivity index (χ1v) is 6.62. The highest BCUT2D eigenvalue weighted by atomic mass is 79.9. The van der Waals surface area contributed by atoms with Crippen molar-refractivity contribution in [1.29, 1.82) is 0 Å². The molecule has 0 aromatic heterocycles. The maximum atomic E-state index is 13.4. The summed E-state index contributed by atoms with van der Waals surface area (Å²) in [7, 11) is 0. The Hall–Kier alpha value is -2.16. The average molecular weight is 362 g/mol. The summed E-state index contributed by atoms with van der Waals surface area (Å²) in [6, 6.07) is 1.72. The molecule has 1 atom stereocenters. The number of aliphatic carboxylic acids is 1. The van der Waals surface area contributed by atoms with E-state index < -0.39 is 29.8 Å². The zero-order chi connectivity index (χ0) is 16.0. The fraction of sp³-hybridized carbons (Fsp3) is 0.250. The molecule has 7 nitrogen and oxygen atoms in total. The number of halogens is 2. The van der Waals surface area contributed by atoms with Gasteiger partial charge in [0, 0.05) is 10.9 Å². The number of hydrogen-bond donors (Lipinski definition) is 4. The van der Waals surface area contributed by atoms with Gasteiger partial charge in [0.2, 0.25) is 5.91 Å². The molecule has 0 aliphatic rings. The van der Waals surface area contributed by atoms with Gasteiger partial charge in [0.05, 0.1) is 5.69 Å². The van der Waals surface area contributed by atoms with Crippen molar-refractivity contribution in [3.8, 4) is 0 Å². The van der Waals surface area contributed by atoms with Gasteiger partial charge in [-0.05, 0) is 24.6 Å². The number of amides is 3. The maximum absolute atomic E-state index is 13.4. The molecule has 0 spiro atoms. The van der Waals surface area contributed by atoms with Crippen LogP contribution in [0, 0.1) is 5.82 Å². The summed E-state index contributed by atoms with van der Waals surface area (Å²) in [5, 5.41) is 13.2. The standard InChI is InChI=1S/C12H13BrFN3O4/c13-6-1-2-7(14)9(5-6)17-12(21)16-8(11(19)20)3-4-10(15)18/h1-2,5,8H,3-4H2,(H2,15,18)(H,19,20)(H2,16,17,21)/t8-/m0/s1. The molecule has 0 aliphatic heterocycles. The highest BCUT2D eigenvalue weighted by molar-refractivity contribution is 9.10. The van der Waals surface area contributed by atoms with E-state index in [1.54, 1.807) is 0 Å². The summed E-state index contributed by atoms with van der Waals surface area (Å²) in [5.74, 6) is -2.67. The summed E-state index contributed by atoms with van der Waals surface area (Å²) in [5.41, 5.74) is 4.81. The van der Waals surface area contributed by atoms with Crippen molar-refractivity contribution in [2.24, 2.45) is 5.73 Å². The molecule has 3 amide bonds. The van der Waals surface area contributed by atoms with Crippen LogP contribution in [0.3, 0.4) is 0 Å². The van der Waals surface area contributed by atoms with Crippen LogP contribution >= 0.6 is 15.9 Å². The molecule has 1 rings (SSSR count). The molecule has 0 saturated heterocycles. The van der Waals surface area contributed by atoms with Crippen molar-refractivity contribution in [2.75, 3.05) is 5.32 Å². The minimum Gasteiger partial charge on any atom is -0.480 e. The summed E-state index contributed by atoms with van der Waals surface area (Å²) in [6.45, 7) is 0. The monoisotopic (exact) mass is 361 g/mol. The Morgan fingerprint density at radius 3 is 2.62 bits per heavy atom. The second-order valence-electron chi connectivity index (χ2n) is 4.12. The Kier molecular flexibility index (Phi) is 6.10. The average Bonchev–Trinajstić information content (AvgIpc) is 2.38. The van der Waals surface area contributed by atoms with Crippen LogP contribution in [-0.2, 0) is 9.59 Å². The van der Waals surface area contributed by atoms with Gasteiger partial charge in [-0.15, -0.1) is 0 Å². The molecule has 0 saturated carbocycles. The molecule has 1 aromatic carbocycles. The van der Waals surface area contributed by atoms with Gasteiger partial charge in [-0.1, -0.05) is 15.9 Å². The molecule has 5 N–H and O–H groups in total. The summed E-state index contributed by atoms with van der Waals surface area (Å²) < 4.78 is 14.0. The Morgan fingerprint density at radius 2 is 2.05 bits per heavy atom. The van der Waals surface area contributed by atoms with E-state index in [-0.39, 0.29) is 18.5 Å². The molecule has 114 valence electrons. The lowest BCUT2D eigenvalue weighted by atomic mass is 10.1. The van der Waals surface area contributed by atoms with E-state index >= 15 is 0 Å². The van der Waals surface area contributed by atoms with E-state index in [0.717, 1.165) is 6.07 Å². The van der Waals surface area contributed by atoms with Crippen LogP contribution in [0.1, 0.15) is 12.8 Å². The van der Waals surface area contributed by atoms with Crippen LogP contribution in [0.5, 0.6) is 0 Å². The quantitative estimate of drug-likeness (QED) is 0.612. The Balaban J connectivity index is 2.67. The van der Waals surface area contributed by atoms with Gasteiger partial charge < -0.3 is 21.5 Å². The first kappa shape index (κ1) is 16.9. The molecule has 0 fully saturated rings. The van der Waals surface area contributed by atoms with Crippen LogP contribution in [0.4, 0.5) is 14.9 Å². The van der Waals surface area contributed by atoms with Crippen molar-refractivity contribution < 1.29 is 23.9 Å². The number of carbonyl (C=O) groups is 3. The van der Waals surface area contributed by atoms with Gasteiger partial charge in [-0.2, -0.15) is 0 Å². The normalized spacial score (nSPS) is 11.5. The van der Waals surface area contributed by atoms with E-state index in [4.69, 9.17) is 10.8 Å². The van der Waals surface area contributed by atoms with Crippen LogP contribution in [0.15, 0.2) is 22.7 Å². The molecule has 0 bridgehead atoms. The van der Waals surface area contributed by atoms with Crippen LogP contribution in [0.2, 0.25) is 0 Å². The van der Waals surface area contributed by atoms with Gasteiger partial charge >= 0.3 is 12.0 Å². The largest absolute Gasteiger partial charge is 0.480 e. The van der Waals surface area contributed by atoms with Gasteiger partial charge in [-0.3, -0.25) is 4.79 Å². The molecular weight excluding hydrogens is 349 g/mol. The number of anilines is 1. The second-order valence-corrected chi connectivity index (χ2v) is 5.03. The number of benzene rings is 1. The van der Waals surface area contributed by atoms with Crippen LogP contribution in [0.25, 0.3) is 0 Å². The maximum Gasteiger partial charge on any atom is 0.326 e. The van der Waals surface area contributed by atoms with E-state index in [1.165, 1.54) is 12.1 Å². The first-order chi connectivity index (χ1) is 9.79. The van der Waals surface area contributed by atoms with Crippen molar-refractivity contribution in [3.63, 3.8) is 0 Å². The molecule has 0 heterocycles. The Labute approximate surface area is 127 Å².